The molecule has 0 aliphatic carbocycles. The van der Waals surface area contributed by atoms with E-state index in [0.717, 1.165) is 11.3 Å². The average Bonchev–Trinajstić information content (AvgIpc) is 2.51. The molecule has 1 saturated heterocycles. The van der Waals surface area contributed by atoms with E-state index < -0.39 is 5.54 Å². The van der Waals surface area contributed by atoms with Crippen molar-refractivity contribution in [1.82, 2.24) is 20.0 Å². The lowest BCUT2D eigenvalue weighted by molar-refractivity contribution is -0.148. The van der Waals surface area contributed by atoms with Crippen LogP contribution in [0.15, 0.2) is 0 Å². The normalized spacial score (nSPS) is 18.7. The zero-order valence-corrected chi connectivity index (χ0v) is 12.2. The minimum absolute atomic E-state index is 0.0485. The fourth-order valence-electron chi connectivity index (χ4n) is 2.25. The van der Waals surface area contributed by atoms with Gasteiger partial charge in [0.05, 0.1) is 18.8 Å². The van der Waals surface area contributed by atoms with Crippen molar-refractivity contribution in [3.8, 4) is 0 Å². The number of aromatic nitrogens is 2. The molecule has 1 aromatic rings. The Morgan fingerprint density at radius 3 is 2.58 bits per heavy atom. The van der Waals surface area contributed by atoms with Gasteiger partial charge in [-0.3, -0.25) is 14.3 Å². The van der Waals surface area contributed by atoms with E-state index in [4.69, 9.17) is 11.6 Å². The molecular formula is C12H17ClN4O2. The predicted octanol–water partition coefficient (Wildman–Crippen LogP) is 0.619. The highest BCUT2D eigenvalue weighted by atomic mass is 35.5. The van der Waals surface area contributed by atoms with Crippen LogP contribution in [-0.2, 0) is 23.2 Å². The van der Waals surface area contributed by atoms with E-state index in [9.17, 15) is 9.59 Å². The summed E-state index contributed by atoms with van der Waals surface area (Å²) in [7, 11) is 1.74. The molecule has 0 bridgehead atoms. The number of aryl methyl sites for hydroxylation is 2. The maximum absolute atomic E-state index is 12.3. The van der Waals surface area contributed by atoms with Crippen LogP contribution in [0.2, 0.25) is 5.15 Å². The molecule has 2 amide bonds. The summed E-state index contributed by atoms with van der Waals surface area (Å²) in [5, 5.41) is 7.37. The molecule has 1 aliphatic heterocycles. The molecule has 1 N–H and O–H groups in total. The summed E-state index contributed by atoms with van der Waals surface area (Å²) in [6, 6.07) is 0. The summed E-state index contributed by atoms with van der Waals surface area (Å²) in [6.07, 6.45) is 0. The highest BCUT2D eigenvalue weighted by Gasteiger charge is 2.39. The van der Waals surface area contributed by atoms with E-state index in [2.05, 4.69) is 10.4 Å². The summed E-state index contributed by atoms with van der Waals surface area (Å²) >= 11 is 6.15. The molecule has 0 atom stereocenters. The van der Waals surface area contributed by atoms with Crippen LogP contribution >= 0.6 is 11.6 Å². The third kappa shape index (κ3) is 2.45. The number of hydrogen-bond donors (Lipinski definition) is 1. The average molecular weight is 285 g/mol. The Kier molecular flexibility index (Phi) is 3.30. The van der Waals surface area contributed by atoms with Crippen molar-refractivity contribution in [1.29, 1.82) is 0 Å². The standard InChI is InChI=1S/C12H17ClN4O2/c1-7-8(10(13)16(4)15-7)5-17-6-9(18)14-12(2,3)11(17)19/h5-6H2,1-4H3,(H,14,18). The number of hydrogen-bond acceptors (Lipinski definition) is 3. The Hall–Kier alpha value is -1.56. The number of nitrogens with zero attached hydrogens (tertiary/aromatic N) is 3. The van der Waals surface area contributed by atoms with Crippen molar-refractivity contribution in [2.45, 2.75) is 32.9 Å². The molecule has 2 heterocycles. The maximum Gasteiger partial charge on any atom is 0.248 e. The molecule has 1 aliphatic rings. The van der Waals surface area contributed by atoms with Crippen LogP contribution in [0, 0.1) is 6.92 Å². The Labute approximate surface area is 116 Å². The second-order valence-corrected chi connectivity index (χ2v) is 5.67. The van der Waals surface area contributed by atoms with Gasteiger partial charge in [0.15, 0.2) is 0 Å². The first kappa shape index (κ1) is 13.9. The van der Waals surface area contributed by atoms with Gasteiger partial charge in [-0.05, 0) is 20.8 Å². The number of rotatable bonds is 2. The van der Waals surface area contributed by atoms with Gasteiger partial charge < -0.3 is 10.2 Å². The zero-order valence-electron chi connectivity index (χ0n) is 11.5. The molecule has 0 radical (unpaired) electrons. The van der Waals surface area contributed by atoms with Crippen LogP contribution in [0.3, 0.4) is 0 Å². The molecule has 0 aromatic carbocycles. The third-order valence-electron chi connectivity index (χ3n) is 3.23. The maximum atomic E-state index is 12.3. The lowest BCUT2D eigenvalue weighted by Crippen LogP contribution is -2.63. The number of carbonyl (C=O) groups is 2. The van der Waals surface area contributed by atoms with Gasteiger partial charge in [0.2, 0.25) is 11.8 Å². The van der Waals surface area contributed by atoms with Gasteiger partial charge in [0.25, 0.3) is 0 Å². The Bertz CT molecular complexity index is 550. The molecule has 19 heavy (non-hydrogen) atoms. The zero-order chi connectivity index (χ0) is 14.4. The van der Waals surface area contributed by atoms with E-state index >= 15 is 0 Å². The van der Waals surface area contributed by atoms with Crippen molar-refractivity contribution in [2.75, 3.05) is 6.54 Å². The lowest BCUT2D eigenvalue weighted by Gasteiger charge is -2.37. The summed E-state index contributed by atoms with van der Waals surface area (Å²) in [6.45, 7) is 5.57. The largest absolute Gasteiger partial charge is 0.341 e. The summed E-state index contributed by atoms with van der Waals surface area (Å²) in [4.78, 5) is 25.4. The molecule has 2 rings (SSSR count). The lowest BCUT2D eigenvalue weighted by atomic mass is 10.00. The molecule has 1 aromatic heterocycles. The first-order valence-electron chi connectivity index (χ1n) is 6.00. The van der Waals surface area contributed by atoms with Gasteiger partial charge in [-0.25, -0.2) is 0 Å². The monoisotopic (exact) mass is 284 g/mol. The van der Waals surface area contributed by atoms with Gasteiger partial charge in [0.1, 0.15) is 10.7 Å². The first-order valence-corrected chi connectivity index (χ1v) is 6.38. The topological polar surface area (TPSA) is 67.2 Å². The first-order chi connectivity index (χ1) is 8.72. The molecular weight excluding hydrogens is 268 g/mol. The smallest absolute Gasteiger partial charge is 0.248 e. The number of carbonyl (C=O) groups excluding carboxylic acids is 2. The number of amides is 2. The number of halogens is 1. The quantitative estimate of drug-likeness (QED) is 0.866. The van der Waals surface area contributed by atoms with Crippen molar-refractivity contribution < 1.29 is 9.59 Å². The SMILES string of the molecule is Cc1nn(C)c(Cl)c1CN1CC(=O)NC(C)(C)C1=O. The van der Waals surface area contributed by atoms with Crippen molar-refractivity contribution in [3.05, 3.63) is 16.4 Å². The van der Waals surface area contributed by atoms with Crippen molar-refractivity contribution in [3.63, 3.8) is 0 Å². The molecule has 1 fully saturated rings. The minimum Gasteiger partial charge on any atom is -0.341 e. The summed E-state index contributed by atoms with van der Waals surface area (Å²) in [5.41, 5.74) is 0.671. The second-order valence-electron chi connectivity index (χ2n) is 5.31. The fraction of sp³-hybridized carbons (Fsp3) is 0.583. The minimum atomic E-state index is -0.877. The van der Waals surface area contributed by atoms with Gasteiger partial charge in [-0.1, -0.05) is 11.6 Å². The second kappa shape index (κ2) is 4.52. The van der Waals surface area contributed by atoms with Crippen LogP contribution in [0.1, 0.15) is 25.1 Å². The number of piperazine rings is 1. The van der Waals surface area contributed by atoms with E-state index in [1.54, 1.807) is 25.6 Å². The molecule has 0 spiro atoms. The Morgan fingerprint density at radius 2 is 2.05 bits per heavy atom. The van der Waals surface area contributed by atoms with Crippen LogP contribution in [0.4, 0.5) is 0 Å². The van der Waals surface area contributed by atoms with Crippen molar-refractivity contribution in [2.24, 2.45) is 7.05 Å². The van der Waals surface area contributed by atoms with Gasteiger partial charge in [0, 0.05) is 12.6 Å². The van der Waals surface area contributed by atoms with Crippen LogP contribution in [0.5, 0.6) is 0 Å². The van der Waals surface area contributed by atoms with Crippen LogP contribution in [0.25, 0.3) is 0 Å². The van der Waals surface area contributed by atoms with E-state index in [0.29, 0.717) is 11.7 Å². The van der Waals surface area contributed by atoms with Gasteiger partial charge in [-0.15, -0.1) is 0 Å². The predicted molar refractivity (Wildman–Crippen MR) is 70.6 cm³/mol. The van der Waals surface area contributed by atoms with Crippen LogP contribution in [-0.4, -0.2) is 38.6 Å². The van der Waals surface area contributed by atoms with E-state index in [1.165, 1.54) is 4.90 Å². The van der Waals surface area contributed by atoms with E-state index in [1.807, 2.05) is 6.92 Å². The molecule has 104 valence electrons. The molecule has 0 saturated carbocycles. The summed E-state index contributed by atoms with van der Waals surface area (Å²) in [5.74, 6) is -0.284. The highest BCUT2D eigenvalue weighted by molar-refractivity contribution is 6.30. The number of nitrogens with one attached hydrogen (secondary N) is 1. The Balaban J connectivity index is 2.27. The Morgan fingerprint density at radius 1 is 1.42 bits per heavy atom. The van der Waals surface area contributed by atoms with Crippen LogP contribution < -0.4 is 5.32 Å². The van der Waals surface area contributed by atoms with Crippen molar-refractivity contribution >= 4 is 23.4 Å². The molecule has 0 unspecified atom stereocenters. The van der Waals surface area contributed by atoms with Gasteiger partial charge >= 0.3 is 0 Å². The third-order valence-corrected chi connectivity index (χ3v) is 3.70. The molecule has 6 nitrogen and oxygen atoms in total. The fourth-order valence-corrected chi connectivity index (χ4v) is 2.49. The van der Waals surface area contributed by atoms with Gasteiger partial charge in [-0.2, -0.15) is 5.10 Å². The highest BCUT2D eigenvalue weighted by Crippen LogP contribution is 2.23. The van der Waals surface area contributed by atoms with E-state index in [-0.39, 0.29) is 18.4 Å². The molecule has 7 heteroatoms. The summed E-state index contributed by atoms with van der Waals surface area (Å²) < 4.78 is 1.56.